The van der Waals surface area contributed by atoms with Crippen molar-refractivity contribution < 1.29 is 14.7 Å². The zero-order valence-electron chi connectivity index (χ0n) is 11.4. The van der Waals surface area contributed by atoms with Crippen LogP contribution in [0.2, 0.25) is 0 Å². The summed E-state index contributed by atoms with van der Waals surface area (Å²) in [7, 11) is 0. The lowest BCUT2D eigenvalue weighted by atomic mass is 9.92. The second kappa shape index (κ2) is 5.95. The van der Waals surface area contributed by atoms with Crippen LogP contribution in [0.15, 0.2) is 22.7 Å². The van der Waals surface area contributed by atoms with E-state index in [2.05, 4.69) is 21.2 Å². The molecule has 0 radical (unpaired) electrons. The van der Waals surface area contributed by atoms with Gasteiger partial charge in [-0.25, -0.2) is 0 Å². The van der Waals surface area contributed by atoms with Crippen molar-refractivity contribution in [3.63, 3.8) is 0 Å². The van der Waals surface area contributed by atoms with E-state index in [1.807, 2.05) is 19.1 Å². The van der Waals surface area contributed by atoms with Crippen LogP contribution in [0, 0.1) is 6.92 Å². The Morgan fingerprint density at radius 1 is 1.35 bits per heavy atom. The summed E-state index contributed by atoms with van der Waals surface area (Å²) in [6, 6.07) is 5.53. The molecule has 0 aromatic heterocycles. The van der Waals surface area contributed by atoms with Crippen LogP contribution in [0.3, 0.4) is 0 Å². The molecular weight excluding hydrogens is 322 g/mol. The van der Waals surface area contributed by atoms with E-state index in [1.165, 1.54) is 0 Å². The number of carbonyl (C=O) groups is 2. The van der Waals surface area contributed by atoms with E-state index in [0.29, 0.717) is 5.56 Å². The Morgan fingerprint density at radius 3 is 2.60 bits per heavy atom. The molecule has 1 aliphatic carbocycles. The van der Waals surface area contributed by atoms with E-state index < -0.39 is 11.5 Å². The van der Waals surface area contributed by atoms with Crippen molar-refractivity contribution in [2.24, 2.45) is 0 Å². The monoisotopic (exact) mass is 339 g/mol. The van der Waals surface area contributed by atoms with Crippen molar-refractivity contribution in [1.29, 1.82) is 0 Å². The molecule has 0 spiro atoms. The Labute approximate surface area is 126 Å². The van der Waals surface area contributed by atoms with Gasteiger partial charge in [0.25, 0.3) is 5.91 Å². The third kappa shape index (κ3) is 3.39. The van der Waals surface area contributed by atoms with E-state index in [-0.39, 0.29) is 12.3 Å². The molecule has 1 amide bonds. The van der Waals surface area contributed by atoms with Crippen LogP contribution in [-0.2, 0) is 4.79 Å². The van der Waals surface area contributed by atoms with Crippen LogP contribution in [0.5, 0.6) is 0 Å². The average molecular weight is 340 g/mol. The molecule has 1 fully saturated rings. The number of carbonyl (C=O) groups excluding carboxylic acids is 1. The van der Waals surface area contributed by atoms with Crippen LogP contribution >= 0.6 is 15.9 Å². The number of hydrogen-bond donors (Lipinski definition) is 2. The van der Waals surface area contributed by atoms with Gasteiger partial charge in [0, 0.05) is 10.0 Å². The molecule has 0 saturated heterocycles. The molecule has 5 heteroatoms. The van der Waals surface area contributed by atoms with E-state index in [9.17, 15) is 9.59 Å². The van der Waals surface area contributed by atoms with Crippen molar-refractivity contribution in [3.05, 3.63) is 33.8 Å². The standard InChI is InChI=1S/C15H18BrNO3/c1-10-4-5-11(16)8-12(10)14(20)17-15(9-13(18)19)6-2-3-7-15/h4-5,8H,2-3,6-7,9H2,1H3,(H,17,20)(H,18,19). The normalized spacial score (nSPS) is 16.9. The molecule has 0 aliphatic heterocycles. The Hall–Kier alpha value is -1.36. The highest BCUT2D eigenvalue weighted by Gasteiger charge is 2.37. The first-order valence-electron chi connectivity index (χ1n) is 6.72. The molecule has 4 nitrogen and oxygen atoms in total. The highest BCUT2D eigenvalue weighted by Crippen LogP contribution is 2.33. The number of carboxylic acids is 1. The molecule has 108 valence electrons. The molecule has 2 N–H and O–H groups in total. The largest absolute Gasteiger partial charge is 0.481 e. The number of rotatable bonds is 4. The minimum Gasteiger partial charge on any atom is -0.481 e. The fourth-order valence-corrected chi connectivity index (χ4v) is 3.20. The Morgan fingerprint density at radius 2 is 2.00 bits per heavy atom. The molecule has 1 saturated carbocycles. The van der Waals surface area contributed by atoms with Crippen LogP contribution in [0.4, 0.5) is 0 Å². The summed E-state index contributed by atoms with van der Waals surface area (Å²) in [5.74, 6) is -1.05. The number of halogens is 1. The SMILES string of the molecule is Cc1ccc(Br)cc1C(=O)NC1(CC(=O)O)CCCC1. The van der Waals surface area contributed by atoms with Gasteiger partial charge >= 0.3 is 5.97 Å². The van der Waals surface area contributed by atoms with Crippen molar-refractivity contribution in [1.82, 2.24) is 5.32 Å². The molecule has 0 bridgehead atoms. The topological polar surface area (TPSA) is 66.4 Å². The fourth-order valence-electron chi connectivity index (χ4n) is 2.83. The quantitative estimate of drug-likeness (QED) is 0.884. The molecule has 1 aliphatic rings. The molecule has 0 atom stereocenters. The van der Waals surface area contributed by atoms with Crippen molar-refractivity contribution in [2.45, 2.75) is 44.6 Å². The Balaban J connectivity index is 2.20. The van der Waals surface area contributed by atoms with Crippen LogP contribution in [0.1, 0.15) is 48.0 Å². The number of hydrogen-bond acceptors (Lipinski definition) is 2. The van der Waals surface area contributed by atoms with E-state index in [0.717, 1.165) is 35.7 Å². The minimum atomic E-state index is -0.863. The maximum atomic E-state index is 12.4. The van der Waals surface area contributed by atoms with Crippen LogP contribution in [0.25, 0.3) is 0 Å². The predicted octanol–water partition coefficient (Wildman–Crippen LogP) is 3.27. The molecule has 2 rings (SSSR count). The first-order valence-corrected chi connectivity index (χ1v) is 7.52. The van der Waals surface area contributed by atoms with Gasteiger partial charge in [0.15, 0.2) is 0 Å². The number of amides is 1. The van der Waals surface area contributed by atoms with Crippen molar-refractivity contribution >= 4 is 27.8 Å². The number of aliphatic carboxylic acids is 1. The lowest BCUT2D eigenvalue weighted by molar-refractivity contribution is -0.138. The molecule has 1 aromatic carbocycles. The summed E-state index contributed by atoms with van der Waals surface area (Å²) in [6.07, 6.45) is 3.39. The molecule has 0 unspecified atom stereocenters. The minimum absolute atomic E-state index is 0.00814. The van der Waals surface area contributed by atoms with Gasteiger partial charge in [-0.1, -0.05) is 34.8 Å². The Kier molecular flexibility index (Phi) is 4.48. The van der Waals surface area contributed by atoms with Crippen LogP contribution < -0.4 is 5.32 Å². The lowest BCUT2D eigenvalue weighted by Gasteiger charge is -2.29. The third-order valence-electron chi connectivity index (χ3n) is 3.87. The lowest BCUT2D eigenvalue weighted by Crippen LogP contribution is -2.48. The highest BCUT2D eigenvalue weighted by atomic mass is 79.9. The fraction of sp³-hybridized carbons (Fsp3) is 0.467. The van der Waals surface area contributed by atoms with Crippen LogP contribution in [-0.4, -0.2) is 22.5 Å². The van der Waals surface area contributed by atoms with E-state index in [4.69, 9.17) is 5.11 Å². The second-order valence-electron chi connectivity index (χ2n) is 5.47. The number of carboxylic acid groups (broad SMARTS) is 1. The second-order valence-corrected chi connectivity index (χ2v) is 6.39. The highest BCUT2D eigenvalue weighted by molar-refractivity contribution is 9.10. The number of benzene rings is 1. The first kappa shape index (κ1) is 15.0. The smallest absolute Gasteiger partial charge is 0.305 e. The van der Waals surface area contributed by atoms with E-state index >= 15 is 0 Å². The number of nitrogens with one attached hydrogen (secondary N) is 1. The zero-order valence-corrected chi connectivity index (χ0v) is 13.0. The van der Waals surface area contributed by atoms with E-state index in [1.54, 1.807) is 6.07 Å². The molecule has 0 heterocycles. The summed E-state index contributed by atoms with van der Waals surface area (Å²) in [6.45, 7) is 1.87. The summed E-state index contributed by atoms with van der Waals surface area (Å²) in [4.78, 5) is 23.5. The predicted molar refractivity (Wildman–Crippen MR) is 79.8 cm³/mol. The van der Waals surface area contributed by atoms with Gasteiger partial charge in [-0.3, -0.25) is 9.59 Å². The Bertz CT molecular complexity index is 536. The summed E-state index contributed by atoms with van der Waals surface area (Å²) >= 11 is 3.36. The summed E-state index contributed by atoms with van der Waals surface area (Å²) in [5.41, 5.74) is 0.891. The average Bonchev–Trinajstić information content (AvgIpc) is 2.79. The van der Waals surface area contributed by atoms with Gasteiger partial charge in [0.1, 0.15) is 0 Å². The molecular formula is C15H18BrNO3. The summed E-state index contributed by atoms with van der Waals surface area (Å²) in [5, 5.41) is 12.0. The van der Waals surface area contributed by atoms with Crippen molar-refractivity contribution in [3.8, 4) is 0 Å². The summed E-state index contributed by atoms with van der Waals surface area (Å²) < 4.78 is 0.840. The zero-order chi connectivity index (χ0) is 14.8. The van der Waals surface area contributed by atoms with Gasteiger partial charge in [0.2, 0.25) is 0 Å². The van der Waals surface area contributed by atoms with Gasteiger partial charge in [0.05, 0.1) is 12.0 Å². The maximum absolute atomic E-state index is 12.4. The first-order chi connectivity index (χ1) is 9.42. The van der Waals surface area contributed by atoms with Gasteiger partial charge in [-0.15, -0.1) is 0 Å². The van der Waals surface area contributed by atoms with Gasteiger partial charge in [-0.2, -0.15) is 0 Å². The third-order valence-corrected chi connectivity index (χ3v) is 4.37. The molecule has 20 heavy (non-hydrogen) atoms. The maximum Gasteiger partial charge on any atom is 0.305 e. The van der Waals surface area contributed by atoms with Crippen molar-refractivity contribution in [2.75, 3.05) is 0 Å². The molecule has 1 aromatic rings. The van der Waals surface area contributed by atoms with Gasteiger partial charge in [-0.05, 0) is 37.5 Å². The number of aryl methyl sites for hydroxylation is 1. The van der Waals surface area contributed by atoms with Gasteiger partial charge < -0.3 is 10.4 Å².